The minimum Gasteiger partial charge on any atom is -0.496 e. The Bertz CT molecular complexity index is 349. The van der Waals surface area contributed by atoms with Gasteiger partial charge in [-0.15, -0.1) is 0 Å². The Morgan fingerprint density at radius 1 is 1.44 bits per heavy atom. The molecule has 0 amide bonds. The molecule has 0 aliphatic carbocycles. The zero-order valence-electron chi connectivity index (χ0n) is 9.47. The van der Waals surface area contributed by atoms with Crippen LogP contribution in [0.25, 0.3) is 0 Å². The normalized spacial score (nSPS) is 12.1. The second-order valence-electron chi connectivity index (χ2n) is 3.30. The number of para-hydroxylation sites is 1. The maximum absolute atomic E-state index is 10.9. The summed E-state index contributed by atoms with van der Waals surface area (Å²) in [5, 5.41) is 8.96. The molecule has 1 N–H and O–H groups in total. The quantitative estimate of drug-likeness (QED) is 0.799. The number of aliphatic carboxylic acids is 1. The maximum Gasteiger partial charge on any atom is 0.333 e. The van der Waals surface area contributed by atoms with Crippen molar-refractivity contribution < 1.29 is 19.4 Å². The van der Waals surface area contributed by atoms with Crippen LogP contribution >= 0.6 is 0 Å². The monoisotopic (exact) mass is 224 g/mol. The number of carboxylic acid groups (broad SMARTS) is 1. The van der Waals surface area contributed by atoms with Crippen LogP contribution in [-0.2, 0) is 16.0 Å². The molecule has 0 heterocycles. The first-order chi connectivity index (χ1) is 7.69. The number of carbonyl (C=O) groups is 1. The third-order valence-corrected chi connectivity index (χ3v) is 2.24. The average molecular weight is 224 g/mol. The van der Waals surface area contributed by atoms with E-state index in [9.17, 15) is 4.79 Å². The molecule has 1 aromatic rings. The summed E-state index contributed by atoms with van der Waals surface area (Å²) in [6, 6.07) is 7.34. The highest BCUT2D eigenvalue weighted by Gasteiger charge is 2.19. The van der Waals surface area contributed by atoms with E-state index in [0.29, 0.717) is 18.8 Å². The molecule has 1 aromatic carbocycles. The van der Waals surface area contributed by atoms with E-state index in [1.807, 2.05) is 18.2 Å². The maximum atomic E-state index is 10.9. The Balaban J connectivity index is 2.80. The van der Waals surface area contributed by atoms with E-state index in [1.165, 1.54) is 0 Å². The third kappa shape index (κ3) is 3.24. The van der Waals surface area contributed by atoms with E-state index < -0.39 is 12.1 Å². The summed E-state index contributed by atoms with van der Waals surface area (Å²) in [7, 11) is 1.56. The largest absolute Gasteiger partial charge is 0.496 e. The van der Waals surface area contributed by atoms with Gasteiger partial charge in [-0.25, -0.2) is 4.79 Å². The zero-order chi connectivity index (χ0) is 12.0. The lowest BCUT2D eigenvalue weighted by Gasteiger charge is -2.14. The van der Waals surface area contributed by atoms with Gasteiger partial charge in [-0.1, -0.05) is 18.2 Å². The number of hydrogen-bond acceptors (Lipinski definition) is 3. The van der Waals surface area contributed by atoms with Gasteiger partial charge in [0.15, 0.2) is 6.10 Å². The van der Waals surface area contributed by atoms with E-state index >= 15 is 0 Å². The topological polar surface area (TPSA) is 55.8 Å². The lowest BCUT2D eigenvalue weighted by Crippen LogP contribution is -2.26. The first-order valence-corrected chi connectivity index (χ1v) is 5.15. The second kappa shape index (κ2) is 6.12. The first kappa shape index (κ1) is 12.5. The summed E-state index contributed by atoms with van der Waals surface area (Å²) in [5.74, 6) is -0.263. The minimum atomic E-state index is -0.951. The standard InChI is InChI=1S/C12H16O4/c1-3-16-11(12(13)14)8-9-6-4-5-7-10(9)15-2/h4-7,11H,3,8H2,1-2H3,(H,13,14)/t11-/m1/s1. The van der Waals surface area contributed by atoms with Crippen LogP contribution in [-0.4, -0.2) is 30.9 Å². The van der Waals surface area contributed by atoms with E-state index in [-0.39, 0.29) is 0 Å². The van der Waals surface area contributed by atoms with Crippen LogP contribution in [0.3, 0.4) is 0 Å². The molecule has 16 heavy (non-hydrogen) atoms. The number of ether oxygens (including phenoxy) is 2. The van der Waals surface area contributed by atoms with Crippen LogP contribution < -0.4 is 4.74 Å². The van der Waals surface area contributed by atoms with Crippen LogP contribution in [0.1, 0.15) is 12.5 Å². The molecule has 88 valence electrons. The van der Waals surface area contributed by atoms with Crippen LogP contribution in [0.5, 0.6) is 5.75 Å². The number of hydrogen-bond donors (Lipinski definition) is 1. The molecule has 0 fully saturated rings. The Kier molecular flexibility index (Phi) is 4.79. The smallest absolute Gasteiger partial charge is 0.333 e. The SMILES string of the molecule is CCO[C@H](Cc1ccccc1OC)C(=O)O. The first-order valence-electron chi connectivity index (χ1n) is 5.15. The van der Waals surface area contributed by atoms with Crippen molar-refractivity contribution in [3.8, 4) is 5.75 Å². The minimum absolute atomic E-state index is 0.313. The van der Waals surface area contributed by atoms with Crippen molar-refractivity contribution in [2.45, 2.75) is 19.4 Å². The van der Waals surface area contributed by atoms with Crippen molar-refractivity contribution in [1.29, 1.82) is 0 Å². The Hall–Kier alpha value is -1.55. The Morgan fingerprint density at radius 3 is 2.69 bits per heavy atom. The number of benzene rings is 1. The summed E-state index contributed by atoms with van der Waals surface area (Å²) in [6.07, 6.45) is -0.506. The second-order valence-corrected chi connectivity index (χ2v) is 3.30. The molecule has 4 heteroatoms. The van der Waals surface area contributed by atoms with Gasteiger partial charge in [-0.2, -0.15) is 0 Å². The van der Waals surface area contributed by atoms with Crippen LogP contribution in [0.2, 0.25) is 0 Å². The zero-order valence-corrected chi connectivity index (χ0v) is 9.47. The van der Waals surface area contributed by atoms with Gasteiger partial charge in [-0.05, 0) is 18.6 Å². The summed E-state index contributed by atoms with van der Waals surface area (Å²) in [5.41, 5.74) is 0.839. The fraction of sp³-hybridized carbons (Fsp3) is 0.417. The van der Waals surface area contributed by atoms with Gasteiger partial charge in [0.05, 0.1) is 7.11 Å². The molecule has 1 atom stereocenters. The van der Waals surface area contributed by atoms with Gasteiger partial charge >= 0.3 is 5.97 Å². The molecule has 0 radical (unpaired) electrons. The van der Waals surface area contributed by atoms with Crippen molar-refractivity contribution in [2.75, 3.05) is 13.7 Å². The summed E-state index contributed by atoms with van der Waals surface area (Å²) >= 11 is 0. The van der Waals surface area contributed by atoms with Crippen molar-refractivity contribution in [3.05, 3.63) is 29.8 Å². The molecule has 0 aliphatic heterocycles. The number of rotatable bonds is 6. The highest BCUT2D eigenvalue weighted by Crippen LogP contribution is 2.19. The van der Waals surface area contributed by atoms with Crippen LogP contribution in [0.4, 0.5) is 0 Å². The van der Waals surface area contributed by atoms with Crippen LogP contribution in [0, 0.1) is 0 Å². The highest BCUT2D eigenvalue weighted by molar-refractivity contribution is 5.73. The van der Waals surface area contributed by atoms with Crippen molar-refractivity contribution in [3.63, 3.8) is 0 Å². The van der Waals surface area contributed by atoms with E-state index in [1.54, 1.807) is 20.1 Å². The molecule has 0 bridgehead atoms. The number of carboxylic acids is 1. The predicted octanol–water partition coefficient (Wildman–Crippen LogP) is 1.73. The van der Waals surface area contributed by atoms with E-state index in [0.717, 1.165) is 5.56 Å². The van der Waals surface area contributed by atoms with Gasteiger partial charge in [0.25, 0.3) is 0 Å². The predicted molar refractivity (Wildman–Crippen MR) is 59.7 cm³/mol. The molecule has 0 saturated carbocycles. The molecule has 0 spiro atoms. The van der Waals surface area contributed by atoms with Crippen molar-refractivity contribution in [2.24, 2.45) is 0 Å². The van der Waals surface area contributed by atoms with Gasteiger partial charge in [0, 0.05) is 13.0 Å². The van der Waals surface area contributed by atoms with Crippen molar-refractivity contribution >= 4 is 5.97 Å². The van der Waals surface area contributed by atoms with E-state index in [2.05, 4.69) is 0 Å². The molecule has 0 unspecified atom stereocenters. The summed E-state index contributed by atoms with van der Waals surface area (Å²) < 4.78 is 10.3. The molecule has 4 nitrogen and oxygen atoms in total. The van der Waals surface area contributed by atoms with Crippen molar-refractivity contribution in [1.82, 2.24) is 0 Å². The average Bonchev–Trinajstić information content (AvgIpc) is 2.29. The fourth-order valence-electron chi connectivity index (χ4n) is 1.49. The lowest BCUT2D eigenvalue weighted by molar-refractivity contribution is -0.149. The molecule has 0 aliphatic rings. The number of methoxy groups -OCH3 is 1. The van der Waals surface area contributed by atoms with Gasteiger partial charge in [0.2, 0.25) is 0 Å². The highest BCUT2D eigenvalue weighted by atomic mass is 16.5. The summed E-state index contributed by atoms with van der Waals surface area (Å²) in [4.78, 5) is 10.9. The molecular formula is C12H16O4. The molecule has 0 aromatic heterocycles. The Morgan fingerprint density at radius 2 is 2.12 bits per heavy atom. The molecule has 0 saturated heterocycles. The molecule has 1 rings (SSSR count). The third-order valence-electron chi connectivity index (χ3n) is 2.24. The van der Waals surface area contributed by atoms with E-state index in [4.69, 9.17) is 14.6 Å². The lowest BCUT2D eigenvalue weighted by atomic mass is 10.1. The summed E-state index contributed by atoms with van der Waals surface area (Å²) in [6.45, 7) is 2.16. The van der Waals surface area contributed by atoms with Gasteiger partial charge < -0.3 is 14.6 Å². The fourth-order valence-corrected chi connectivity index (χ4v) is 1.49. The van der Waals surface area contributed by atoms with Crippen LogP contribution in [0.15, 0.2) is 24.3 Å². The Labute approximate surface area is 94.8 Å². The molecular weight excluding hydrogens is 208 g/mol. The van der Waals surface area contributed by atoms with Gasteiger partial charge in [0.1, 0.15) is 5.75 Å². The van der Waals surface area contributed by atoms with Gasteiger partial charge in [-0.3, -0.25) is 0 Å².